The fourth-order valence-corrected chi connectivity index (χ4v) is 4.71. The Morgan fingerprint density at radius 1 is 0.971 bits per heavy atom. The molecule has 9 nitrogen and oxygen atoms in total. The Hall–Kier alpha value is -4.11. The predicted molar refractivity (Wildman–Crippen MR) is 118 cm³/mol. The van der Waals surface area contributed by atoms with Crippen molar-refractivity contribution in [2.24, 2.45) is 0 Å². The molecule has 0 saturated carbocycles. The molecule has 0 fully saturated rings. The average molecular weight is 466 g/mol. The number of benzene rings is 3. The van der Waals surface area contributed by atoms with Gasteiger partial charge >= 0.3 is 0 Å². The van der Waals surface area contributed by atoms with E-state index in [1.807, 2.05) is 0 Å². The van der Waals surface area contributed by atoms with Crippen molar-refractivity contribution < 1.29 is 44.5 Å². The molecule has 5 N–H and O–H groups in total. The van der Waals surface area contributed by atoms with Gasteiger partial charge in [0.1, 0.15) is 35.0 Å². The summed E-state index contributed by atoms with van der Waals surface area (Å²) in [6, 6.07) is 10.0. The number of ketones is 1. The molecule has 34 heavy (non-hydrogen) atoms. The molecule has 2 aliphatic heterocycles. The van der Waals surface area contributed by atoms with Crippen LogP contribution in [0.4, 0.5) is 0 Å². The Balaban J connectivity index is 1.58. The molecule has 3 atom stereocenters. The lowest BCUT2D eigenvalue weighted by molar-refractivity contribution is 0.0843. The molecule has 0 aromatic heterocycles. The summed E-state index contributed by atoms with van der Waals surface area (Å²) < 4.78 is 17.2. The molecule has 2 heterocycles. The quantitative estimate of drug-likeness (QED) is 0.390. The maximum atomic E-state index is 12.8. The van der Waals surface area contributed by atoms with Gasteiger partial charge in [0.05, 0.1) is 26.1 Å². The van der Waals surface area contributed by atoms with E-state index < -0.39 is 18.1 Å². The number of aliphatic hydroxyl groups excluding tert-OH is 1. The van der Waals surface area contributed by atoms with E-state index in [9.17, 15) is 30.3 Å². The van der Waals surface area contributed by atoms with Crippen LogP contribution in [0.2, 0.25) is 0 Å². The predicted octanol–water partition coefficient (Wildman–Crippen LogP) is 3.43. The number of methoxy groups -OCH3 is 1. The molecule has 0 saturated heterocycles. The van der Waals surface area contributed by atoms with Crippen LogP contribution in [0.3, 0.4) is 0 Å². The summed E-state index contributed by atoms with van der Waals surface area (Å²) >= 11 is 0. The first-order valence-corrected chi connectivity index (χ1v) is 10.6. The minimum atomic E-state index is -0.804. The van der Waals surface area contributed by atoms with E-state index in [1.165, 1.54) is 25.3 Å². The standard InChI is InChI=1S/C25H22O9/c1-32-20-6-11(2-4-15(20)28)24-14(10-26)22-13(3-5-16(29)25(22)34-24)19-9-18(31)23-17(30)7-12(27)8-21(23)33-19/h2-8,14,19,24,26-30H,9-10H2,1H3/t14-,19-,24-/m1/s1. The molecule has 0 spiro atoms. The van der Waals surface area contributed by atoms with Gasteiger partial charge < -0.3 is 39.7 Å². The number of aliphatic hydroxyl groups is 1. The van der Waals surface area contributed by atoms with Crippen molar-refractivity contribution in [1.82, 2.24) is 0 Å². The lowest BCUT2D eigenvalue weighted by Gasteiger charge is -2.28. The average Bonchev–Trinajstić information content (AvgIpc) is 3.19. The second-order valence-electron chi connectivity index (χ2n) is 8.25. The van der Waals surface area contributed by atoms with Gasteiger partial charge in [0, 0.05) is 23.3 Å². The molecule has 0 aliphatic carbocycles. The lowest BCUT2D eigenvalue weighted by atomic mass is 9.85. The number of carbonyl (C=O) groups excluding carboxylic acids is 1. The highest BCUT2D eigenvalue weighted by molar-refractivity contribution is 6.02. The first-order valence-electron chi connectivity index (χ1n) is 10.6. The van der Waals surface area contributed by atoms with Gasteiger partial charge in [-0.1, -0.05) is 12.1 Å². The first-order chi connectivity index (χ1) is 16.3. The van der Waals surface area contributed by atoms with E-state index in [0.717, 1.165) is 6.07 Å². The second kappa shape index (κ2) is 8.03. The lowest BCUT2D eigenvalue weighted by Crippen LogP contribution is -2.22. The molecule has 3 aromatic carbocycles. The van der Waals surface area contributed by atoms with Gasteiger partial charge in [-0.3, -0.25) is 4.79 Å². The molecule has 3 aromatic rings. The minimum Gasteiger partial charge on any atom is -0.508 e. The van der Waals surface area contributed by atoms with E-state index >= 15 is 0 Å². The van der Waals surface area contributed by atoms with E-state index in [4.69, 9.17) is 14.2 Å². The molecular weight excluding hydrogens is 444 g/mol. The Labute approximate surface area is 194 Å². The van der Waals surface area contributed by atoms with Crippen molar-refractivity contribution in [3.05, 3.63) is 64.7 Å². The first kappa shape index (κ1) is 21.7. The number of carbonyl (C=O) groups is 1. The summed E-state index contributed by atoms with van der Waals surface area (Å²) in [7, 11) is 1.42. The van der Waals surface area contributed by atoms with Gasteiger partial charge in [-0.15, -0.1) is 0 Å². The van der Waals surface area contributed by atoms with Crippen LogP contribution in [0.5, 0.6) is 40.2 Å². The van der Waals surface area contributed by atoms with Crippen molar-refractivity contribution in [2.45, 2.75) is 24.5 Å². The van der Waals surface area contributed by atoms with Crippen LogP contribution in [0.15, 0.2) is 42.5 Å². The van der Waals surface area contributed by atoms with Gasteiger partial charge in [0.2, 0.25) is 0 Å². The molecule has 0 unspecified atom stereocenters. The number of rotatable bonds is 4. The van der Waals surface area contributed by atoms with E-state index in [2.05, 4.69) is 0 Å². The van der Waals surface area contributed by atoms with Crippen LogP contribution in [0, 0.1) is 0 Å². The Morgan fingerprint density at radius 2 is 1.74 bits per heavy atom. The van der Waals surface area contributed by atoms with Crippen molar-refractivity contribution in [2.75, 3.05) is 13.7 Å². The third-order valence-corrected chi connectivity index (χ3v) is 6.25. The number of hydrogen-bond donors (Lipinski definition) is 5. The minimum absolute atomic E-state index is 0.00602. The number of phenolic OH excluding ortho intramolecular Hbond substituents is 4. The van der Waals surface area contributed by atoms with Gasteiger partial charge in [0.15, 0.2) is 28.8 Å². The highest BCUT2D eigenvalue weighted by Crippen LogP contribution is 2.54. The zero-order valence-corrected chi connectivity index (χ0v) is 18.1. The van der Waals surface area contributed by atoms with Gasteiger partial charge in [0.25, 0.3) is 0 Å². The van der Waals surface area contributed by atoms with Crippen LogP contribution in [-0.4, -0.2) is 45.0 Å². The topological polar surface area (TPSA) is 146 Å². The van der Waals surface area contributed by atoms with E-state index in [-0.39, 0.29) is 64.6 Å². The zero-order valence-electron chi connectivity index (χ0n) is 18.1. The van der Waals surface area contributed by atoms with Crippen LogP contribution in [0.1, 0.15) is 51.6 Å². The smallest absolute Gasteiger partial charge is 0.174 e. The third kappa shape index (κ3) is 3.32. The molecule has 5 rings (SSSR count). The van der Waals surface area contributed by atoms with E-state index in [1.54, 1.807) is 18.2 Å². The summed E-state index contributed by atoms with van der Waals surface area (Å²) in [5.74, 6) is -1.36. The number of fused-ring (bicyclic) bond motifs is 2. The van der Waals surface area contributed by atoms with Crippen molar-refractivity contribution >= 4 is 5.78 Å². The second-order valence-corrected chi connectivity index (χ2v) is 8.25. The highest BCUT2D eigenvalue weighted by Gasteiger charge is 2.42. The number of hydrogen-bond acceptors (Lipinski definition) is 9. The molecule has 0 bridgehead atoms. The van der Waals surface area contributed by atoms with Gasteiger partial charge in [-0.25, -0.2) is 0 Å². The number of phenols is 4. The zero-order chi connectivity index (χ0) is 24.1. The Kier molecular flexibility index (Phi) is 5.13. The van der Waals surface area contributed by atoms with Crippen LogP contribution in [0.25, 0.3) is 0 Å². The van der Waals surface area contributed by atoms with E-state index in [0.29, 0.717) is 16.7 Å². The fourth-order valence-electron chi connectivity index (χ4n) is 4.71. The molecule has 0 radical (unpaired) electrons. The van der Waals surface area contributed by atoms with Crippen LogP contribution in [-0.2, 0) is 0 Å². The molecule has 176 valence electrons. The molecule has 9 heteroatoms. The van der Waals surface area contributed by atoms with Crippen molar-refractivity contribution in [3.63, 3.8) is 0 Å². The largest absolute Gasteiger partial charge is 0.508 e. The summed E-state index contributed by atoms with van der Waals surface area (Å²) in [6.07, 6.45) is -1.61. The summed E-state index contributed by atoms with van der Waals surface area (Å²) in [5, 5.41) is 50.7. The monoisotopic (exact) mass is 466 g/mol. The van der Waals surface area contributed by atoms with Crippen molar-refractivity contribution in [3.8, 4) is 40.2 Å². The van der Waals surface area contributed by atoms with Gasteiger partial charge in [-0.2, -0.15) is 0 Å². The molecule has 2 aliphatic rings. The number of ether oxygens (including phenoxy) is 3. The Bertz CT molecular complexity index is 1300. The number of aromatic hydroxyl groups is 4. The maximum Gasteiger partial charge on any atom is 0.174 e. The molecular formula is C25H22O9. The normalized spacial score (nSPS) is 20.8. The van der Waals surface area contributed by atoms with Crippen LogP contribution >= 0.6 is 0 Å². The summed E-state index contributed by atoms with van der Waals surface area (Å²) in [4.78, 5) is 12.8. The molecule has 0 amide bonds. The fraction of sp³-hybridized carbons (Fsp3) is 0.240. The third-order valence-electron chi connectivity index (χ3n) is 6.25. The summed E-state index contributed by atoms with van der Waals surface area (Å²) in [5.41, 5.74) is 1.62. The van der Waals surface area contributed by atoms with Crippen LogP contribution < -0.4 is 14.2 Å². The maximum absolute atomic E-state index is 12.8. The highest BCUT2D eigenvalue weighted by atomic mass is 16.5. The SMILES string of the molecule is COc1cc([C@H]2Oc3c(O)ccc([C@H]4CC(=O)c5c(O)cc(O)cc5O4)c3[C@H]2CO)ccc1O. The summed E-state index contributed by atoms with van der Waals surface area (Å²) in [6.45, 7) is -0.337. The van der Waals surface area contributed by atoms with Gasteiger partial charge in [-0.05, 0) is 23.8 Å². The Morgan fingerprint density at radius 3 is 2.47 bits per heavy atom. The number of Topliss-reactive ketones (excluding diaryl/α,β-unsaturated/α-hetero) is 1. The van der Waals surface area contributed by atoms with Crippen molar-refractivity contribution in [1.29, 1.82) is 0 Å².